The number of nitrogens with zero attached hydrogens (tertiary/aromatic N) is 1. The van der Waals surface area contributed by atoms with Gasteiger partial charge in [0, 0.05) is 15.5 Å². The molecule has 1 aliphatic heterocycles. The molecule has 3 aliphatic rings. The summed E-state index contributed by atoms with van der Waals surface area (Å²) in [5, 5.41) is 0. The maximum absolute atomic E-state index is 2.49. The molecule has 0 radical (unpaired) electrons. The van der Waals surface area contributed by atoms with Gasteiger partial charge in [0.25, 0.3) is 0 Å². The van der Waals surface area contributed by atoms with Gasteiger partial charge in [0.2, 0.25) is 0 Å². The molecule has 51 heavy (non-hydrogen) atoms. The largest absolute Gasteiger partial charge is 0.308 e. The lowest BCUT2D eigenvalue weighted by Gasteiger charge is -2.35. The lowest BCUT2D eigenvalue weighted by atomic mass is 9.70. The number of benzene rings is 8. The summed E-state index contributed by atoms with van der Waals surface area (Å²) in [4.78, 5) is 5.00. The molecule has 0 saturated carbocycles. The van der Waals surface area contributed by atoms with E-state index in [1.54, 1.807) is 0 Å². The predicted octanol–water partition coefficient (Wildman–Crippen LogP) is 13.3. The summed E-state index contributed by atoms with van der Waals surface area (Å²) >= 11 is 1.87. The molecule has 8 aromatic rings. The number of fused-ring (bicyclic) bond motifs is 12. The van der Waals surface area contributed by atoms with E-state index in [0.717, 1.165) is 0 Å². The summed E-state index contributed by atoms with van der Waals surface area (Å²) in [5.41, 5.74) is 18.8. The lowest BCUT2D eigenvalue weighted by Crippen LogP contribution is -2.26. The molecular weight excluding hydrogens is 635 g/mol. The Kier molecular flexibility index (Phi) is 6.17. The van der Waals surface area contributed by atoms with Crippen molar-refractivity contribution in [2.24, 2.45) is 0 Å². The minimum absolute atomic E-state index is 0.389. The fraction of sp³-hybridized carbons (Fsp3) is 0.0204. The SMILES string of the molecule is c1ccc(-c2ccc3c(c2)Sc2cc(-c4ccccc4)ccc2N3c2ccc3c(c2)C2(c4ccccc4-c4ccccc42)c2ccccc2-3)cc1. The van der Waals surface area contributed by atoms with Crippen molar-refractivity contribution in [2.45, 2.75) is 15.2 Å². The summed E-state index contributed by atoms with van der Waals surface area (Å²) in [6.07, 6.45) is 0. The molecule has 0 N–H and O–H groups in total. The normalized spacial score (nSPS) is 13.9. The Morgan fingerprint density at radius 1 is 0.333 bits per heavy atom. The van der Waals surface area contributed by atoms with Crippen molar-refractivity contribution in [3.05, 3.63) is 210 Å². The molecule has 2 aliphatic carbocycles. The highest BCUT2D eigenvalue weighted by Gasteiger charge is 2.51. The summed E-state index contributed by atoms with van der Waals surface area (Å²) < 4.78 is 0. The van der Waals surface area contributed by atoms with Crippen molar-refractivity contribution < 1.29 is 0 Å². The van der Waals surface area contributed by atoms with E-state index in [1.807, 2.05) is 11.8 Å². The maximum atomic E-state index is 2.49. The van der Waals surface area contributed by atoms with E-state index in [9.17, 15) is 0 Å². The third kappa shape index (κ3) is 4.06. The van der Waals surface area contributed by atoms with Crippen LogP contribution in [0.2, 0.25) is 0 Å². The van der Waals surface area contributed by atoms with Crippen molar-refractivity contribution in [3.8, 4) is 44.5 Å². The number of hydrogen-bond donors (Lipinski definition) is 0. The molecule has 238 valence electrons. The van der Waals surface area contributed by atoms with Crippen molar-refractivity contribution in [2.75, 3.05) is 4.90 Å². The van der Waals surface area contributed by atoms with Gasteiger partial charge in [0.1, 0.15) is 0 Å². The van der Waals surface area contributed by atoms with Gasteiger partial charge in [-0.15, -0.1) is 0 Å². The van der Waals surface area contributed by atoms with Crippen molar-refractivity contribution in [1.82, 2.24) is 0 Å². The Hall–Kier alpha value is -6.09. The first kappa shape index (κ1) is 28.7. The molecule has 1 heterocycles. The second-order valence-corrected chi connectivity index (χ2v) is 14.7. The monoisotopic (exact) mass is 665 g/mol. The van der Waals surface area contributed by atoms with Crippen LogP contribution in [0.4, 0.5) is 17.1 Å². The fourth-order valence-corrected chi connectivity index (χ4v) is 10.1. The van der Waals surface area contributed by atoms with Crippen molar-refractivity contribution in [1.29, 1.82) is 0 Å². The van der Waals surface area contributed by atoms with Crippen LogP contribution in [-0.2, 0) is 5.41 Å². The second-order valence-electron chi connectivity index (χ2n) is 13.7. The zero-order chi connectivity index (χ0) is 33.5. The average molecular weight is 666 g/mol. The van der Waals surface area contributed by atoms with E-state index in [1.165, 1.54) is 93.6 Å². The van der Waals surface area contributed by atoms with E-state index >= 15 is 0 Å². The maximum Gasteiger partial charge on any atom is 0.0726 e. The van der Waals surface area contributed by atoms with E-state index in [0.29, 0.717) is 0 Å². The molecule has 8 aromatic carbocycles. The van der Waals surface area contributed by atoms with Crippen LogP contribution >= 0.6 is 11.8 Å². The van der Waals surface area contributed by atoms with Crippen LogP contribution in [0, 0.1) is 0 Å². The third-order valence-electron chi connectivity index (χ3n) is 11.1. The zero-order valence-electron chi connectivity index (χ0n) is 27.8. The van der Waals surface area contributed by atoms with E-state index in [2.05, 4.69) is 193 Å². The van der Waals surface area contributed by atoms with Gasteiger partial charge in [-0.05, 0) is 103 Å². The van der Waals surface area contributed by atoms with Crippen LogP contribution in [-0.4, -0.2) is 0 Å². The molecule has 0 saturated heterocycles. The van der Waals surface area contributed by atoms with Gasteiger partial charge in [0.05, 0.1) is 16.8 Å². The Morgan fingerprint density at radius 3 is 1.25 bits per heavy atom. The summed E-state index contributed by atoms with van der Waals surface area (Å²) in [6, 6.07) is 69.7. The zero-order valence-corrected chi connectivity index (χ0v) is 28.6. The van der Waals surface area contributed by atoms with Crippen LogP contribution in [0.3, 0.4) is 0 Å². The van der Waals surface area contributed by atoms with E-state index in [-0.39, 0.29) is 5.41 Å². The quantitative estimate of drug-likeness (QED) is 0.185. The number of hydrogen-bond acceptors (Lipinski definition) is 2. The topological polar surface area (TPSA) is 3.24 Å². The Morgan fingerprint density at radius 2 is 0.765 bits per heavy atom. The molecule has 1 spiro atoms. The average Bonchev–Trinajstić information content (AvgIpc) is 3.67. The van der Waals surface area contributed by atoms with Crippen molar-refractivity contribution in [3.63, 3.8) is 0 Å². The van der Waals surface area contributed by atoms with Crippen LogP contribution in [0.5, 0.6) is 0 Å². The van der Waals surface area contributed by atoms with Crippen LogP contribution < -0.4 is 4.90 Å². The molecular formula is C49H31NS. The highest BCUT2D eigenvalue weighted by atomic mass is 32.2. The first-order chi connectivity index (χ1) is 25.3. The first-order valence-corrected chi connectivity index (χ1v) is 18.4. The lowest BCUT2D eigenvalue weighted by molar-refractivity contribution is 0.793. The van der Waals surface area contributed by atoms with Gasteiger partial charge in [-0.2, -0.15) is 0 Å². The molecule has 1 nitrogen and oxygen atoms in total. The first-order valence-electron chi connectivity index (χ1n) is 17.6. The van der Waals surface area contributed by atoms with Crippen LogP contribution in [0.15, 0.2) is 198 Å². The Balaban J connectivity index is 1.16. The smallest absolute Gasteiger partial charge is 0.0726 e. The molecule has 0 bridgehead atoms. The fourth-order valence-electron chi connectivity index (χ4n) is 8.93. The number of anilines is 3. The predicted molar refractivity (Wildman–Crippen MR) is 212 cm³/mol. The highest BCUT2D eigenvalue weighted by Crippen LogP contribution is 2.64. The van der Waals surface area contributed by atoms with Gasteiger partial charge in [-0.25, -0.2) is 0 Å². The van der Waals surface area contributed by atoms with Crippen LogP contribution in [0.25, 0.3) is 44.5 Å². The molecule has 11 rings (SSSR count). The minimum Gasteiger partial charge on any atom is -0.308 e. The molecule has 2 heteroatoms. The summed E-state index contributed by atoms with van der Waals surface area (Å²) in [6.45, 7) is 0. The standard InChI is InChI=1S/C49H31NS/c1-3-13-32(14-4-1)34-23-27-45-47(29-34)51-48-30-35(33-15-5-2-6-16-33)24-28-46(48)50(45)36-25-26-40-39-19-9-12-22-43(39)49(44(40)31-36)41-20-10-7-17-37(41)38-18-8-11-21-42(38)49/h1-31H. The number of rotatable bonds is 3. The van der Waals surface area contributed by atoms with Gasteiger partial charge in [-0.1, -0.05) is 163 Å². The van der Waals surface area contributed by atoms with Gasteiger partial charge < -0.3 is 4.90 Å². The highest BCUT2D eigenvalue weighted by molar-refractivity contribution is 7.99. The minimum atomic E-state index is -0.389. The van der Waals surface area contributed by atoms with Crippen molar-refractivity contribution >= 4 is 28.8 Å². The summed E-state index contributed by atoms with van der Waals surface area (Å²) in [5.74, 6) is 0. The summed E-state index contributed by atoms with van der Waals surface area (Å²) in [7, 11) is 0. The van der Waals surface area contributed by atoms with Crippen LogP contribution in [0.1, 0.15) is 22.3 Å². The Labute approximate surface area is 302 Å². The molecule has 0 amide bonds. The van der Waals surface area contributed by atoms with E-state index < -0.39 is 0 Å². The third-order valence-corrected chi connectivity index (χ3v) is 12.2. The second kappa shape index (κ2) is 11.0. The Bertz CT molecular complexity index is 2520. The van der Waals surface area contributed by atoms with Gasteiger partial charge in [-0.3, -0.25) is 0 Å². The molecule has 0 fully saturated rings. The van der Waals surface area contributed by atoms with E-state index in [4.69, 9.17) is 0 Å². The van der Waals surface area contributed by atoms with Gasteiger partial charge >= 0.3 is 0 Å². The molecule has 0 unspecified atom stereocenters. The molecule has 0 aromatic heterocycles. The van der Waals surface area contributed by atoms with Gasteiger partial charge in [0.15, 0.2) is 0 Å². The molecule has 0 atom stereocenters.